The van der Waals surface area contributed by atoms with Gasteiger partial charge in [0.25, 0.3) is 0 Å². The van der Waals surface area contributed by atoms with Crippen LogP contribution in [0.4, 0.5) is 0 Å². The molecule has 446 valence electrons. The summed E-state index contributed by atoms with van der Waals surface area (Å²) in [5.74, 6) is 0. The van der Waals surface area contributed by atoms with Gasteiger partial charge < -0.3 is 4.42 Å². The third kappa shape index (κ3) is 8.17. The van der Waals surface area contributed by atoms with Gasteiger partial charge in [-0.3, -0.25) is 0 Å². The van der Waals surface area contributed by atoms with Crippen molar-refractivity contribution in [3.8, 4) is 77.9 Å². The lowest BCUT2D eigenvalue weighted by molar-refractivity contribution is 0.661. The van der Waals surface area contributed by atoms with Crippen molar-refractivity contribution < 1.29 is 4.42 Å². The van der Waals surface area contributed by atoms with E-state index in [0.29, 0.717) is 0 Å². The molecular weight excluding hydrogens is 1160 g/mol. The van der Waals surface area contributed by atoms with Gasteiger partial charge in [-0.15, -0.1) is 0 Å². The summed E-state index contributed by atoms with van der Waals surface area (Å²) in [5.41, 5.74) is 22.2. The van der Waals surface area contributed by atoms with Crippen LogP contribution in [0.15, 0.2) is 332 Å². The molecule has 1 aliphatic carbocycles. The van der Waals surface area contributed by atoms with Crippen molar-refractivity contribution in [3.05, 3.63) is 339 Å². The zero-order valence-electron chi connectivity index (χ0n) is 53.1. The first-order chi connectivity index (χ1) is 47.4. The molecule has 0 radical (unpaired) electrons. The molecule has 0 fully saturated rings. The number of benzene rings is 19. The highest BCUT2D eigenvalue weighted by Gasteiger charge is 2.36. The average molecular weight is 1220 g/mol. The van der Waals surface area contributed by atoms with Crippen molar-refractivity contribution in [3.63, 3.8) is 0 Å². The Balaban J connectivity index is 0.000000134. The minimum absolute atomic E-state index is 0.123. The van der Waals surface area contributed by atoms with Gasteiger partial charge in [-0.2, -0.15) is 0 Å². The van der Waals surface area contributed by atoms with E-state index in [2.05, 4.69) is 341 Å². The normalized spacial score (nSPS) is 12.8. The molecule has 0 bridgehead atoms. The molecule has 1 aromatic heterocycles. The molecule has 19 aromatic carbocycles. The van der Waals surface area contributed by atoms with Crippen molar-refractivity contribution in [1.82, 2.24) is 0 Å². The first-order valence-electron chi connectivity index (χ1n) is 33.5. The van der Waals surface area contributed by atoms with Gasteiger partial charge in [-0.05, 0) is 211 Å². The second kappa shape index (κ2) is 20.9. The lowest BCUT2D eigenvalue weighted by atomic mass is 9.80. The number of hydrogen-bond acceptors (Lipinski definition) is 1. The van der Waals surface area contributed by atoms with Gasteiger partial charge in [0.05, 0.1) is 0 Å². The predicted molar refractivity (Wildman–Crippen MR) is 410 cm³/mol. The average Bonchev–Trinajstić information content (AvgIpc) is 1.26. The topological polar surface area (TPSA) is 13.1 Å². The third-order valence-electron chi connectivity index (χ3n) is 21.4. The minimum Gasteiger partial charge on any atom is -0.455 e. The van der Waals surface area contributed by atoms with Gasteiger partial charge >= 0.3 is 0 Å². The van der Waals surface area contributed by atoms with Gasteiger partial charge in [0, 0.05) is 21.6 Å². The van der Waals surface area contributed by atoms with Crippen molar-refractivity contribution in [2.75, 3.05) is 0 Å². The predicted octanol–water partition coefficient (Wildman–Crippen LogP) is 26.8. The first kappa shape index (κ1) is 54.4. The molecule has 0 spiro atoms. The molecule has 1 heterocycles. The van der Waals surface area contributed by atoms with Crippen molar-refractivity contribution >= 4 is 119 Å². The summed E-state index contributed by atoms with van der Waals surface area (Å²) in [6, 6.07) is 121. The summed E-state index contributed by atoms with van der Waals surface area (Å²) in [4.78, 5) is 0. The Bertz CT molecular complexity index is 6490. The maximum absolute atomic E-state index is 6.60. The number of rotatable bonds is 6. The number of furan rings is 1. The van der Waals surface area contributed by atoms with E-state index < -0.39 is 0 Å². The fourth-order valence-electron chi connectivity index (χ4n) is 16.9. The van der Waals surface area contributed by atoms with Gasteiger partial charge in [0.2, 0.25) is 0 Å². The second-order valence-corrected chi connectivity index (χ2v) is 26.9. The van der Waals surface area contributed by atoms with Crippen LogP contribution >= 0.6 is 0 Å². The van der Waals surface area contributed by atoms with E-state index in [1.54, 1.807) is 0 Å². The monoisotopic (exact) mass is 1220 g/mol. The van der Waals surface area contributed by atoms with Crippen LogP contribution in [0.2, 0.25) is 0 Å². The quantitative estimate of drug-likeness (QED) is 0.119. The molecule has 21 rings (SSSR count). The summed E-state index contributed by atoms with van der Waals surface area (Å²) in [6.45, 7) is 4.79. The fraction of sp³-hybridized carbons (Fsp3) is 0.0316. The van der Waals surface area contributed by atoms with Crippen LogP contribution in [-0.4, -0.2) is 0 Å². The van der Waals surface area contributed by atoms with Crippen molar-refractivity contribution in [2.45, 2.75) is 19.3 Å². The highest BCUT2D eigenvalue weighted by molar-refractivity contribution is 6.29. The van der Waals surface area contributed by atoms with Crippen LogP contribution in [0, 0.1) is 0 Å². The van der Waals surface area contributed by atoms with Crippen LogP contribution in [-0.2, 0) is 5.41 Å². The molecule has 1 heteroatoms. The Morgan fingerprint density at radius 1 is 0.208 bits per heavy atom. The Labute approximate surface area is 555 Å². The molecule has 96 heavy (non-hydrogen) atoms. The molecule has 0 amide bonds. The van der Waals surface area contributed by atoms with Gasteiger partial charge in [0.1, 0.15) is 11.2 Å². The number of hydrogen-bond donors (Lipinski definition) is 0. The molecule has 0 saturated carbocycles. The summed E-state index contributed by atoms with van der Waals surface area (Å²) < 4.78 is 6.60. The van der Waals surface area contributed by atoms with E-state index in [-0.39, 0.29) is 5.41 Å². The molecule has 1 nitrogen and oxygen atoms in total. The van der Waals surface area contributed by atoms with E-state index in [4.69, 9.17) is 4.42 Å². The van der Waals surface area contributed by atoms with Gasteiger partial charge in [-0.1, -0.05) is 311 Å². The summed E-state index contributed by atoms with van der Waals surface area (Å²) in [5, 5.41) is 25.6. The van der Waals surface area contributed by atoms with Gasteiger partial charge in [-0.25, -0.2) is 0 Å². The van der Waals surface area contributed by atoms with E-state index >= 15 is 0 Å². The van der Waals surface area contributed by atoms with E-state index in [0.717, 1.165) is 27.3 Å². The van der Waals surface area contributed by atoms with Crippen LogP contribution in [0.25, 0.3) is 197 Å². The Kier molecular flexibility index (Phi) is 11.9. The molecule has 20 aromatic rings. The zero-order valence-corrected chi connectivity index (χ0v) is 53.1. The van der Waals surface area contributed by atoms with Crippen LogP contribution in [0.3, 0.4) is 0 Å². The summed E-state index contributed by atoms with van der Waals surface area (Å²) in [6.07, 6.45) is 0. The molecule has 0 unspecified atom stereocenters. The lowest BCUT2D eigenvalue weighted by Crippen LogP contribution is -2.15. The number of fused-ring (bicyclic) bond motifs is 10. The zero-order chi connectivity index (χ0) is 63.3. The van der Waals surface area contributed by atoms with E-state index in [9.17, 15) is 0 Å². The summed E-state index contributed by atoms with van der Waals surface area (Å²) >= 11 is 0. The Morgan fingerprint density at radius 3 is 1.23 bits per heavy atom. The largest absolute Gasteiger partial charge is 0.455 e. The van der Waals surface area contributed by atoms with Gasteiger partial charge in [0.15, 0.2) is 0 Å². The molecule has 1 aliphatic rings. The molecule has 0 aliphatic heterocycles. The highest BCUT2D eigenvalue weighted by atomic mass is 16.3. The summed E-state index contributed by atoms with van der Waals surface area (Å²) in [7, 11) is 0. The molecular formula is C95H60O. The molecule has 0 saturated heterocycles. The SMILES string of the molecule is CC1(C)c2cc(-c3ccc(-c4ccc5ccc6cccc7ccc4c5c67)cc3)ccc2-c2ccc(-c3ccc4ccc5cccc6ccc3c4c56)cc21.c1ccc(-c2cccc(-c3c4ccccc4c(-c4cccc5oc6c7ccccc7ccc6c45)c4ccccc34)c2)cc1. The maximum atomic E-state index is 6.60. The van der Waals surface area contributed by atoms with E-state index in [1.165, 1.54) is 181 Å². The third-order valence-corrected chi connectivity index (χ3v) is 21.4. The van der Waals surface area contributed by atoms with Crippen molar-refractivity contribution in [1.29, 1.82) is 0 Å². The Hall–Kier alpha value is -12.2. The van der Waals surface area contributed by atoms with Crippen LogP contribution in [0.1, 0.15) is 25.0 Å². The van der Waals surface area contributed by atoms with Crippen molar-refractivity contribution in [2.24, 2.45) is 0 Å². The molecule has 0 N–H and O–H groups in total. The highest BCUT2D eigenvalue weighted by Crippen LogP contribution is 2.53. The second-order valence-electron chi connectivity index (χ2n) is 26.9. The molecule has 0 atom stereocenters. The fourth-order valence-corrected chi connectivity index (χ4v) is 16.9. The van der Waals surface area contributed by atoms with Crippen LogP contribution in [0.5, 0.6) is 0 Å². The lowest BCUT2D eigenvalue weighted by Gasteiger charge is -2.23. The van der Waals surface area contributed by atoms with E-state index in [1.807, 2.05) is 0 Å². The van der Waals surface area contributed by atoms with Crippen LogP contribution < -0.4 is 0 Å². The maximum Gasteiger partial charge on any atom is 0.143 e. The standard InChI is InChI=1S/C53H34.C42H26O/c1-53(2)47-29-39(31-9-11-32(12-10-31)41-23-17-37-15-13-33-5-3-7-35-19-27-45(41)51(37)49(33)35)21-25-43(47)44-26-22-40(30-48(44)53)42-24-18-38-16-14-34-6-4-8-36-20-28-46(42)52(38)50(34)36;1-2-12-27(13-3-1)29-15-10-16-30(26-29)39-32-18-6-8-20-34(32)40(35-21-9-7-19-33(35)39)36-22-11-23-38-41(36)37-25-24-28-14-4-5-17-31(28)42(37)43-38/h3-30H,1-2H3;1-26H. The minimum atomic E-state index is -0.123. The Morgan fingerprint density at radius 2 is 0.604 bits per heavy atom. The smallest absolute Gasteiger partial charge is 0.143 e. The first-order valence-corrected chi connectivity index (χ1v) is 33.5.